The number of nitrogens with zero attached hydrogens (tertiary/aromatic N) is 1. The van der Waals surface area contributed by atoms with Gasteiger partial charge in [0.1, 0.15) is 6.04 Å². The predicted molar refractivity (Wildman–Crippen MR) is 82.2 cm³/mol. The smallest absolute Gasteiger partial charge is 0.247 e. The summed E-state index contributed by atoms with van der Waals surface area (Å²) >= 11 is 5.92. The molecule has 22 heavy (non-hydrogen) atoms. The van der Waals surface area contributed by atoms with Crippen molar-refractivity contribution in [1.82, 2.24) is 0 Å². The molecule has 2 aliphatic rings. The highest BCUT2D eigenvalue weighted by Gasteiger charge is 2.46. The van der Waals surface area contributed by atoms with Crippen LogP contribution < -0.4 is 20.1 Å². The highest BCUT2D eigenvalue weighted by atomic mass is 35.5. The number of ether oxygens (including phenoxy) is 2. The van der Waals surface area contributed by atoms with Crippen molar-refractivity contribution in [2.75, 3.05) is 11.7 Å². The van der Waals surface area contributed by atoms with Crippen LogP contribution >= 0.6 is 11.6 Å². The number of hydrogen-bond donors (Lipinski definition) is 1. The first-order valence-corrected chi connectivity index (χ1v) is 7.27. The first-order chi connectivity index (χ1) is 10.6. The maximum absolute atomic E-state index is 12.2. The summed E-state index contributed by atoms with van der Waals surface area (Å²) in [6, 6.07) is 12.0. The lowest BCUT2D eigenvalue weighted by Gasteiger charge is -2.45. The quantitative estimate of drug-likeness (QED) is 0.865. The van der Waals surface area contributed by atoms with Gasteiger partial charge in [-0.05, 0) is 29.8 Å². The summed E-state index contributed by atoms with van der Waals surface area (Å²) in [5.41, 5.74) is 7.70. The highest BCUT2D eigenvalue weighted by molar-refractivity contribution is 6.30. The van der Waals surface area contributed by atoms with Gasteiger partial charge in [-0.15, -0.1) is 0 Å². The molecule has 2 aromatic carbocycles. The molecule has 6 heteroatoms. The van der Waals surface area contributed by atoms with Crippen LogP contribution in [0.15, 0.2) is 42.5 Å². The second-order valence-electron chi connectivity index (χ2n) is 5.27. The minimum Gasteiger partial charge on any atom is -0.454 e. The number of anilines is 1. The van der Waals surface area contributed by atoms with E-state index in [-0.39, 0.29) is 18.7 Å². The monoisotopic (exact) mass is 316 g/mol. The topological polar surface area (TPSA) is 64.8 Å². The van der Waals surface area contributed by atoms with Gasteiger partial charge in [-0.3, -0.25) is 4.79 Å². The molecule has 1 amide bonds. The zero-order valence-electron chi connectivity index (χ0n) is 11.5. The number of hydrogen-bond acceptors (Lipinski definition) is 4. The summed E-state index contributed by atoms with van der Waals surface area (Å²) in [5.74, 6) is 1.21. The Labute approximate surface area is 132 Å². The second kappa shape index (κ2) is 4.90. The number of rotatable bonds is 2. The molecule has 2 heterocycles. The Morgan fingerprint density at radius 1 is 1.09 bits per heavy atom. The number of carbonyl (C=O) groups excluding carboxylic acids is 1. The van der Waals surface area contributed by atoms with Gasteiger partial charge in [0.15, 0.2) is 11.5 Å². The van der Waals surface area contributed by atoms with E-state index in [9.17, 15) is 4.79 Å². The summed E-state index contributed by atoms with van der Waals surface area (Å²) in [6.07, 6.45) is 0. The van der Waals surface area contributed by atoms with Crippen LogP contribution in [0.3, 0.4) is 0 Å². The van der Waals surface area contributed by atoms with E-state index in [1.807, 2.05) is 18.2 Å². The fraction of sp³-hybridized carbons (Fsp3) is 0.188. The lowest BCUT2D eigenvalue weighted by atomic mass is 9.88. The van der Waals surface area contributed by atoms with Crippen LogP contribution in [0.5, 0.6) is 11.5 Å². The number of β-lactam (4-membered cyclic amide) rings is 1. The van der Waals surface area contributed by atoms with Crippen molar-refractivity contribution in [2.45, 2.75) is 12.1 Å². The molecule has 1 saturated heterocycles. The minimum atomic E-state index is -0.549. The third kappa shape index (κ3) is 1.94. The van der Waals surface area contributed by atoms with E-state index in [1.54, 1.807) is 29.2 Å². The molecule has 0 radical (unpaired) electrons. The fourth-order valence-electron chi connectivity index (χ4n) is 2.85. The predicted octanol–water partition coefficient (Wildman–Crippen LogP) is 2.48. The van der Waals surface area contributed by atoms with Crippen molar-refractivity contribution in [2.24, 2.45) is 5.73 Å². The van der Waals surface area contributed by atoms with Crippen molar-refractivity contribution in [1.29, 1.82) is 0 Å². The molecule has 0 saturated carbocycles. The largest absolute Gasteiger partial charge is 0.454 e. The zero-order chi connectivity index (χ0) is 15.3. The Morgan fingerprint density at radius 2 is 1.82 bits per heavy atom. The third-order valence-electron chi connectivity index (χ3n) is 3.99. The molecule has 5 nitrogen and oxygen atoms in total. The first-order valence-electron chi connectivity index (χ1n) is 6.89. The molecule has 2 aromatic rings. The number of fused-ring (bicyclic) bond motifs is 1. The number of benzene rings is 2. The molecule has 112 valence electrons. The van der Waals surface area contributed by atoms with Gasteiger partial charge in [0.25, 0.3) is 0 Å². The average molecular weight is 317 g/mol. The van der Waals surface area contributed by atoms with Crippen molar-refractivity contribution < 1.29 is 14.3 Å². The van der Waals surface area contributed by atoms with Crippen molar-refractivity contribution in [3.63, 3.8) is 0 Å². The molecule has 0 aliphatic carbocycles. The Hall–Kier alpha value is -2.24. The van der Waals surface area contributed by atoms with Crippen molar-refractivity contribution >= 4 is 23.2 Å². The SMILES string of the molecule is N[C@H]1C(=O)N(c2ccc3c(c2)OCO3)[C@@H]1c1ccc(Cl)cc1. The Morgan fingerprint density at radius 3 is 2.59 bits per heavy atom. The van der Waals surface area contributed by atoms with Crippen molar-refractivity contribution in [3.8, 4) is 11.5 Å². The van der Waals surface area contributed by atoms with Gasteiger partial charge in [0, 0.05) is 16.8 Å². The van der Waals surface area contributed by atoms with Crippen LogP contribution in [0.2, 0.25) is 5.02 Å². The number of halogens is 1. The molecule has 2 N–H and O–H groups in total. The molecule has 0 bridgehead atoms. The molecule has 0 spiro atoms. The summed E-state index contributed by atoms with van der Waals surface area (Å²) in [6.45, 7) is 0.201. The summed E-state index contributed by atoms with van der Waals surface area (Å²) < 4.78 is 10.7. The third-order valence-corrected chi connectivity index (χ3v) is 4.24. The fourth-order valence-corrected chi connectivity index (χ4v) is 2.98. The highest BCUT2D eigenvalue weighted by Crippen LogP contribution is 2.42. The first kappa shape index (κ1) is 13.4. The van der Waals surface area contributed by atoms with E-state index in [4.69, 9.17) is 26.8 Å². The Kier molecular flexibility index (Phi) is 2.99. The molecule has 1 fully saturated rings. The number of nitrogens with two attached hydrogens (primary N) is 1. The lowest BCUT2D eigenvalue weighted by Crippen LogP contribution is -2.63. The summed E-state index contributed by atoms with van der Waals surface area (Å²) in [4.78, 5) is 13.9. The minimum absolute atomic E-state index is 0.112. The van der Waals surface area contributed by atoms with E-state index in [0.717, 1.165) is 11.3 Å². The Bertz CT molecular complexity index is 748. The number of amides is 1. The van der Waals surface area contributed by atoms with E-state index in [1.165, 1.54) is 0 Å². The average Bonchev–Trinajstić information content (AvgIpc) is 3.00. The van der Waals surface area contributed by atoms with Crippen LogP contribution in [0.1, 0.15) is 11.6 Å². The van der Waals surface area contributed by atoms with Crippen LogP contribution in [0.4, 0.5) is 5.69 Å². The van der Waals surface area contributed by atoms with Gasteiger partial charge in [-0.2, -0.15) is 0 Å². The zero-order valence-corrected chi connectivity index (χ0v) is 12.3. The second-order valence-corrected chi connectivity index (χ2v) is 5.70. The molecule has 2 atom stereocenters. The number of carbonyl (C=O) groups is 1. The van der Waals surface area contributed by atoms with Crippen LogP contribution in [-0.2, 0) is 4.79 Å². The lowest BCUT2D eigenvalue weighted by molar-refractivity contribution is -0.126. The van der Waals surface area contributed by atoms with Gasteiger partial charge in [-0.1, -0.05) is 23.7 Å². The summed E-state index contributed by atoms with van der Waals surface area (Å²) in [7, 11) is 0. The van der Waals surface area contributed by atoms with Gasteiger partial charge in [0.05, 0.1) is 6.04 Å². The van der Waals surface area contributed by atoms with E-state index >= 15 is 0 Å². The van der Waals surface area contributed by atoms with Gasteiger partial charge in [-0.25, -0.2) is 0 Å². The van der Waals surface area contributed by atoms with Crippen molar-refractivity contribution in [3.05, 3.63) is 53.1 Å². The molecule has 0 unspecified atom stereocenters. The van der Waals surface area contributed by atoms with E-state index in [2.05, 4.69) is 0 Å². The molecule has 4 rings (SSSR count). The van der Waals surface area contributed by atoms with E-state index < -0.39 is 6.04 Å². The maximum atomic E-state index is 12.2. The van der Waals surface area contributed by atoms with Crippen LogP contribution in [0, 0.1) is 0 Å². The molecular formula is C16H13ClN2O3. The van der Waals surface area contributed by atoms with Crippen LogP contribution in [0.25, 0.3) is 0 Å². The van der Waals surface area contributed by atoms with Crippen LogP contribution in [-0.4, -0.2) is 18.7 Å². The van der Waals surface area contributed by atoms with Gasteiger partial charge < -0.3 is 20.1 Å². The van der Waals surface area contributed by atoms with Gasteiger partial charge >= 0.3 is 0 Å². The standard InChI is InChI=1S/C16H13ClN2O3/c17-10-3-1-9(2-4-10)15-14(18)16(20)19(15)11-5-6-12-13(7-11)22-8-21-12/h1-7,14-15H,8,18H2/t14-,15-/m1/s1. The summed E-state index contributed by atoms with van der Waals surface area (Å²) in [5, 5.41) is 0.651. The molecular weight excluding hydrogens is 304 g/mol. The molecule has 0 aromatic heterocycles. The van der Waals surface area contributed by atoms with E-state index in [0.29, 0.717) is 16.5 Å². The molecule has 2 aliphatic heterocycles. The normalized spacial score (nSPS) is 22.6. The van der Waals surface area contributed by atoms with Gasteiger partial charge in [0.2, 0.25) is 12.7 Å². The maximum Gasteiger partial charge on any atom is 0.247 e. The Balaban J connectivity index is 1.70.